The van der Waals surface area contributed by atoms with E-state index in [1.807, 2.05) is 43.3 Å². The normalized spacial score (nSPS) is 10.9. The highest BCUT2D eigenvalue weighted by atomic mass is 16.1. The van der Waals surface area contributed by atoms with E-state index in [9.17, 15) is 4.79 Å². The van der Waals surface area contributed by atoms with Crippen LogP contribution in [0.25, 0.3) is 10.8 Å². The summed E-state index contributed by atoms with van der Waals surface area (Å²) < 4.78 is 0. The lowest BCUT2D eigenvalue weighted by atomic mass is 10.1. The maximum Gasteiger partial charge on any atom is 0.253 e. The lowest BCUT2D eigenvalue weighted by Gasteiger charge is -2.11. The number of nitrogens with two attached hydrogens (primary N) is 1. The molecule has 0 unspecified atom stereocenters. The van der Waals surface area contributed by atoms with Crippen LogP contribution in [0.1, 0.15) is 10.4 Å². The molecular weight excluding hydrogens is 240 g/mol. The number of likely N-dealkylation sites (N-methyl/N-ethyl adjacent to an activating group) is 1. The van der Waals surface area contributed by atoms with Crippen molar-refractivity contribution in [3.63, 3.8) is 0 Å². The van der Waals surface area contributed by atoms with Gasteiger partial charge >= 0.3 is 0 Å². The maximum absolute atomic E-state index is 12.1. The van der Waals surface area contributed by atoms with Gasteiger partial charge in [0.25, 0.3) is 5.91 Å². The summed E-state index contributed by atoms with van der Waals surface area (Å²) in [5.74, 6) is 0.325. The number of amides is 1. The van der Waals surface area contributed by atoms with Crippen LogP contribution in [0.4, 0.5) is 5.82 Å². The SMILES string of the molecule is CN(C)CCNC(=O)c1cnc(N)c2ccccc12. The van der Waals surface area contributed by atoms with Crippen molar-refractivity contribution in [3.05, 3.63) is 36.0 Å². The van der Waals surface area contributed by atoms with Crippen LogP contribution < -0.4 is 11.1 Å². The van der Waals surface area contributed by atoms with Gasteiger partial charge in [0.15, 0.2) is 0 Å². The van der Waals surface area contributed by atoms with E-state index in [-0.39, 0.29) is 5.91 Å². The summed E-state index contributed by atoms with van der Waals surface area (Å²) in [6, 6.07) is 7.52. The summed E-state index contributed by atoms with van der Waals surface area (Å²) in [4.78, 5) is 18.2. The van der Waals surface area contributed by atoms with Gasteiger partial charge in [0, 0.05) is 24.7 Å². The molecule has 0 bridgehead atoms. The van der Waals surface area contributed by atoms with Gasteiger partial charge < -0.3 is 16.0 Å². The minimum atomic E-state index is -0.120. The molecule has 0 saturated heterocycles. The monoisotopic (exact) mass is 258 g/mol. The molecule has 0 saturated carbocycles. The number of benzene rings is 1. The van der Waals surface area contributed by atoms with E-state index in [1.165, 1.54) is 6.20 Å². The van der Waals surface area contributed by atoms with Gasteiger partial charge in [-0.05, 0) is 19.5 Å². The number of nitrogens with one attached hydrogen (secondary N) is 1. The van der Waals surface area contributed by atoms with E-state index in [0.717, 1.165) is 17.3 Å². The predicted octanol–water partition coefficient (Wildman–Crippen LogP) is 1.11. The Hall–Kier alpha value is -2.14. The molecule has 0 spiro atoms. The first-order valence-electron chi connectivity index (χ1n) is 6.15. The number of rotatable bonds is 4. The van der Waals surface area contributed by atoms with Crippen LogP contribution in [0.2, 0.25) is 0 Å². The average molecular weight is 258 g/mol. The number of aromatic nitrogens is 1. The second kappa shape index (κ2) is 5.67. The number of nitrogen functional groups attached to an aromatic ring is 1. The Labute approximate surface area is 112 Å². The molecule has 1 aromatic heterocycles. The molecule has 5 nitrogen and oxygen atoms in total. The van der Waals surface area contributed by atoms with Gasteiger partial charge in [0.2, 0.25) is 0 Å². The highest BCUT2D eigenvalue weighted by molar-refractivity contribution is 6.08. The summed E-state index contributed by atoms with van der Waals surface area (Å²) in [6.45, 7) is 1.40. The standard InChI is InChI=1S/C14H18N4O/c1-18(2)8-7-16-14(19)12-9-17-13(15)11-6-4-3-5-10(11)12/h3-6,9H,7-8H2,1-2H3,(H2,15,17)(H,16,19). The highest BCUT2D eigenvalue weighted by Gasteiger charge is 2.11. The molecule has 2 rings (SSSR count). The molecule has 0 atom stereocenters. The number of hydrogen-bond acceptors (Lipinski definition) is 4. The number of hydrogen-bond donors (Lipinski definition) is 2. The zero-order chi connectivity index (χ0) is 13.8. The molecule has 100 valence electrons. The molecule has 1 amide bonds. The van der Waals surface area contributed by atoms with E-state index < -0.39 is 0 Å². The van der Waals surface area contributed by atoms with Crippen LogP contribution in [0.5, 0.6) is 0 Å². The molecular formula is C14H18N4O. The van der Waals surface area contributed by atoms with Crippen molar-refractivity contribution in [1.82, 2.24) is 15.2 Å². The third-order valence-corrected chi connectivity index (χ3v) is 2.92. The van der Waals surface area contributed by atoms with Gasteiger partial charge in [0.05, 0.1) is 5.56 Å². The summed E-state index contributed by atoms with van der Waals surface area (Å²) in [6.07, 6.45) is 1.53. The molecule has 0 radical (unpaired) electrons. The average Bonchev–Trinajstić information content (AvgIpc) is 2.39. The molecule has 2 aromatic rings. The first kappa shape index (κ1) is 13.3. The molecule has 1 heterocycles. The minimum Gasteiger partial charge on any atom is -0.383 e. The zero-order valence-electron chi connectivity index (χ0n) is 11.2. The molecule has 3 N–H and O–H groups in total. The molecule has 0 aliphatic carbocycles. The Bertz CT molecular complexity index is 595. The topological polar surface area (TPSA) is 71.2 Å². The first-order chi connectivity index (χ1) is 9.09. The summed E-state index contributed by atoms with van der Waals surface area (Å²) >= 11 is 0. The van der Waals surface area contributed by atoms with Gasteiger partial charge in [-0.2, -0.15) is 0 Å². The summed E-state index contributed by atoms with van der Waals surface area (Å²) in [7, 11) is 3.93. The number of nitrogens with zero attached hydrogens (tertiary/aromatic N) is 2. The second-order valence-electron chi connectivity index (χ2n) is 4.66. The molecule has 0 aliphatic rings. The minimum absolute atomic E-state index is 0.120. The Kier molecular flexibility index (Phi) is 3.97. The Balaban J connectivity index is 2.25. The van der Waals surface area contributed by atoms with Crippen LogP contribution in [-0.4, -0.2) is 43.0 Å². The van der Waals surface area contributed by atoms with Gasteiger partial charge in [0.1, 0.15) is 5.82 Å². The van der Waals surface area contributed by atoms with Crippen molar-refractivity contribution in [1.29, 1.82) is 0 Å². The largest absolute Gasteiger partial charge is 0.383 e. The van der Waals surface area contributed by atoms with E-state index in [1.54, 1.807) is 0 Å². The van der Waals surface area contributed by atoms with Gasteiger partial charge in [-0.3, -0.25) is 4.79 Å². The number of carbonyl (C=O) groups excluding carboxylic acids is 1. The van der Waals surface area contributed by atoms with Crippen molar-refractivity contribution >= 4 is 22.5 Å². The van der Waals surface area contributed by atoms with Crippen LogP contribution in [-0.2, 0) is 0 Å². The van der Waals surface area contributed by atoms with Crippen LogP contribution in [0.3, 0.4) is 0 Å². The molecule has 5 heteroatoms. The third-order valence-electron chi connectivity index (χ3n) is 2.92. The fraction of sp³-hybridized carbons (Fsp3) is 0.286. The van der Waals surface area contributed by atoms with Crippen LogP contribution in [0.15, 0.2) is 30.5 Å². The number of carbonyl (C=O) groups is 1. The maximum atomic E-state index is 12.1. The van der Waals surface area contributed by atoms with Crippen molar-refractivity contribution in [2.24, 2.45) is 0 Å². The smallest absolute Gasteiger partial charge is 0.253 e. The Morgan fingerprint density at radius 3 is 2.68 bits per heavy atom. The summed E-state index contributed by atoms with van der Waals surface area (Å²) in [5.41, 5.74) is 6.37. The van der Waals surface area contributed by atoms with Gasteiger partial charge in [-0.15, -0.1) is 0 Å². The predicted molar refractivity (Wildman–Crippen MR) is 77.0 cm³/mol. The fourth-order valence-corrected chi connectivity index (χ4v) is 1.88. The molecule has 19 heavy (non-hydrogen) atoms. The van der Waals surface area contributed by atoms with Gasteiger partial charge in [-0.25, -0.2) is 4.98 Å². The lowest BCUT2D eigenvalue weighted by molar-refractivity contribution is 0.0952. The number of anilines is 1. The number of fused-ring (bicyclic) bond motifs is 1. The second-order valence-corrected chi connectivity index (χ2v) is 4.66. The summed E-state index contributed by atoms with van der Waals surface area (Å²) in [5, 5.41) is 4.52. The van der Waals surface area contributed by atoms with E-state index in [0.29, 0.717) is 17.9 Å². The van der Waals surface area contributed by atoms with Crippen molar-refractivity contribution in [3.8, 4) is 0 Å². The van der Waals surface area contributed by atoms with Crippen LogP contribution >= 0.6 is 0 Å². The molecule has 0 aliphatic heterocycles. The van der Waals surface area contributed by atoms with Crippen molar-refractivity contribution < 1.29 is 4.79 Å². The lowest BCUT2D eigenvalue weighted by Crippen LogP contribution is -2.31. The fourth-order valence-electron chi connectivity index (χ4n) is 1.88. The molecule has 1 aromatic carbocycles. The van der Waals surface area contributed by atoms with Gasteiger partial charge in [-0.1, -0.05) is 24.3 Å². The Morgan fingerprint density at radius 1 is 1.32 bits per heavy atom. The number of pyridine rings is 1. The zero-order valence-corrected chi connectivity index (χ0v) is 11.2. The van der Waals surface area contributed by atoms with Crippen molar-refractivity contribution in [2.45, 2.75) is 0 Å². The van der Waals surface area contributed by atoms with E-state index >= 15 is 0 Å². The first-order valence-corrected chi connectivity index (χ1v) is 6.15. The van der Waals surface area contributed by atoms with Crippen molar-refractivity contribution in [2.75, 3.05) is 32.9 Å². The third kappa shape index (κ3) is 3.00. The van der Waals surface area contributed by atoms with E-state index in [4.69, 9.17) is 5.73 Å². The van der Waals surface area contributed by atoms with Crippen LogP contribution in [0, 0.1) is 0 Å². The van der Waals surface area contributed by atoms with E-state index in [2.05, 4.69) is 10.3 Å². The Morgan fingerprint density at radius 2 is 2.00 bits per heavy atom. The molecule has 0 fully saturated rings. The highest BCUT2D eigenvalue weighted by Crippen LogP contribution is 2.22. The quantitative estimate of drug-likeness (QED) is 0.861.